The molecule has 3 heterocycles. The number of fused-ring (bicyclic) bond motifs is 1. The van der Waals surface area contributed by atoms with Crippen molar-refractivity contribution < 1.29 is 24.4 Å². The quantitative estimate of drug-likeness (QED) is 0.0799. The largest absolute Gasteiger partial charge is 0.494 e. The molecule has 4 aromatic rings. The predicted molar refractivity (Wildman–Crippen MR) is 159 cm³/mol. The summed E-state index contributed by atoms with van der Waals surface area (Å²) in [5.41, 5.74) is 4.08. The van der Waals surface area contributed by atoms with Gasteiger partial charge in [-0.25, -0.2) is 9.79 Å². The number of urea groups is 1. The van der Waals surface area contributed by atoms with Crippen molar-refractivity contribution in [1.29, 1.82) is 0 Å². The Morgan fingerprint density at radius 3 is 2.44 bits per heavy atom. The number of hydrogen-bond acceptors (Lipinski definition) is 7. The fourth-order valence-corrected chi connectivity index (χ4v) is 5.24. The Hall–Kier alpha value is -5.78. The summed E-state index contributed by atoms with van der Waals surface area (Å²) in [5.74, 6) is -0.530. The first kappa shape index (κ1) is 27.4. The molecule has 4 N–H and O–H groups in total. The first-order chi connectivity index (χ1) is 20.7. The number of nitrogens with one attached hydrogen (secondary N) is 3. The van der Waals surface area contributed by atoms with Crippen molar-refractivity contribution >= 4 is 51.9 Å². The predicted octanol–water partition coefficient (Wildman–Crippen LogP) is 4.30. The van der Waals surface area contributed by atoms with E-state index in [-0.39, 0.29) is 23.2 Å². The highest BCUT2D eigenvalue weighted by Gasteiger charge is 2.24. The number of nitrogens with zero attached hydrogens (tertiary/aromatic N) is 3. The number of carbonyl (C=O) groups excluding carboxylic acids is 3. The van der Waals surface area contributed by atoms with Crippen molar-refractivity contribution in [2.45, 2.75) is 19.3 Å². The first-order valence-electron chi connectivity index (χ1n) is 13.6. The van der Waals surface area contributed by atoms with Gasteiger partial charge in [0.15, 0.2) is 5.88 Å². The zero-order valence-electron chi connectivity index (χ0n) is 22.8. The van der Waals surface area contributed by atoms with Crippen LogP contribution in [0.15, 0.2) is 77.4 Å². The smallest absolute Gasteiger partial charge is 0.326 e. The number of aliphatic imine (C=N–C) groups is 1. The molecule has 2 saturated heterocycles. The number of aromatic nitrogens is 1. The van der Waals surface area contributed by atoms with E-state index in [1.54, 1.807) is 24.3 Å². The molecular formula is C31H26N6O6. The number of aromatic hydroxyl groups is 1. The molecule has 6 rings (SSSR count). The van der Waals surface area contributed by atoms with Gasteiger partial charge < -0.3 is 20.3 Å². The fourth-order valence-electron chi connectivity index (χ4n) is 5.24. The number of carbonyl (C=O) groups is 3. The highest BCUT2D eigenvalue weighted by molar-refractivity contribution is 6.22. The third-order valence-electron chi connectivity index (χ3n) is 7.44. The van der Waals surface area contributed by atoms with Crippen molar-refractivity contribution in [3.8, 4) is 5.88 Å². The number of imide groups is 1. The zero-order valence-corrected chi connectivity index (χ0v) is 22.8. The van der Waals surface area contributed by atoms with Gasteiger partial charge in [-0.15, -0.1) is 0 Å². The standard InChI is InChI=1S/C31H26N6O6/c38-26-2-1-14-36(26)15-13-18-3-7-20(8-4-18)28(27-23-17-22(37(42)43)11-12-24(23)33-30(27)40)32-21-9-5-19(6-10-21)16-25-29(39)35-31(41)34-25/h3-12,16-17,33,40H,1-2,13-15H2,(H2,34,35,39,41)/b25-16-,32-28?. The highest BCUT2D eigenvalue weighted by Crippen LogP contribution is 2.34. The van der Waals surface area contributed by atoms with Crippen LogP contribution in [0.25, 0.3) is 17.0 Å². The highest BCUT2D eigenvalue weighted by atomic mass is 16.6. The Morgan fingerprint density at radius 1 is 1.02 bits per heavy atom. The molecular weight excluding hydrogens is 552 g/mol. The van der Waals surface area contributed by atoms with Gasteiger partial charge in [-0.05, 0) is 48.2 Å². The van der Waals surface area contributed by atoms with Gasteiger partial charge in [-0.1, -0.05) is 36.4 Å². The first-order valence-corrected chi connectivity index (χ1v) is 13.6. The Bertz CT molecular complexity index is 1840. The number of nitro benzene ring substituents is 1. The average molecular weight is 579 g/mol. The van der Waals surface area contributed by atoms with Crippen LogP contribution in [0.1, 0.15) is 35.1 Å². The van der Waals surface area contributed by atoms with Gasteiger partial charge in [0.2, 0.25) is 5.91 Å². The van der Waals surface area contributed by atoms with E-state index >= 15 is 0 Å². The normalized spacial score (nSPS) is 16.3. The lowest BCUT2D eigenvalue weighted by Gasteiger charge is -2.15. The van der Waals surface area contributed by atoms with Crippen LogP contribution >= 0.6 is 0 Å². The van der Waals surface area contributed by atoms with Gasteiger partial charge in [-0.2, -0.15) is 0 Å². The Kier molecular flexibility index (Phi) is 7.16. The molecule has 0 atom stereocenters. The van der Waals surface area contributed by atoms with Crippen LogP contribution < -0.4 is 10.6 Å². The summed E-state index contributed by atoms with van der Waals surface area (Å²) in [7, 11) is 0. The molecule has 3 aromatic carbocycles. The second kappa shape index (κ2) is 11.2. The summed E-state index contributed by atoms with van der Waals surface area (Å²) in [6, 6.07) is 18.2. The van der Waals surface area contributed by atoms with Crippen LogP contribution in [0, 0.1) is 10.1 Å². The van der Waals surface area contributed by atoms with Crippen molar-refractivity contribution in [3.63, 3.8) is 0 Å². The maximum Gasteiger partial charge on any atom is 0.326 e. The maximum atomic E-state index is 12.0. The molecule has 0 radical (unpaired) electrons. The van der Waals surface area contributed by atoms with Crippen LogP contribution in [0.5, 0.6) is 5.88 Å². The van der Waals surface area contributed by atoms with E-state index in [4.69, 9.17) is 4.99 Å². The molecule has 0 spiro atoms. The second-order valence-electron chi connectivity index (χ2n) is 10.3. The molecule has 0 bridgehead atoms. The number of likely N-dealkylation sites (tertiary alicyclic amines) is 1. The van der Waals surface area contributed by atoms with E-state index in [0.717, 1.165) is 18.5 Å². The summed E-state index contributed by atoms with van der Waals surface area (Å²) in [5, 5.41) is 27.5. The van der Waals surface area contributed by atoms with Crippen molar-refractivity contribution in [2.24, 2.45) is 4.99 Å². The number of rotatable bonds is 8. The molecule has 43 heavy (non-hydrogen) atoms. The van der Waals surface area contributed by atoms with Crippen LogP contribution in [0.4, 0.5) is 16.2 Å². The number of amides is 4. The molecule has 12 heteroatoms. The minimum absolute atomic E-state index is 0.126. The molecule has 0 aliphatic carbocycles. The van der Waals surface area contributed by atoms with Crippen LogP contribution in [0.3, 0.4) is 0 Å². The van der Waals surface area contributed by atoms with Gasteiger partial charge in [0, 0.05) is 48.1 Å². The molecule has 2 aliphatic rings. The van der Waals surface area contributed by atoms with Gasteiger partial charge in [0.1, 0.15) is 5.70 Å². The minimum Gasteiger partial charge on any atom is -0.494 e. The van der Waals surface area contributed by atoms with Crippen molar-refractivity contribution in [1.82, 2.24) is 20.5 Å². The third-order valence-corrected chi connectivity index (χ3v) is 7.44. The van der Waals surface area contributed by atoms with E-state index in [9.17, 15) is 29.6 Å². The molecule has 0 saturated carbocycles. The molecule has 2 fully saturated rings. The lowest BCUT2D eigenvalue weighted by molar-refractivity contribution is -0.384. The van der Waals surface area contributed by atoms with E-state index in [1.165, 1.54) is 24.3 Å². The number of benzene rings is 3. The number of H-pyrrole nitrogens is 1. The summed E-state index contributed by atoms with van der Waals surface area (Å²) in [4.78, 5) is 55.9. The lowest BCUT2D eigenvalue weighted by atomic mass is 9.98. The van der Waals surface area contributed by atoms with Crippen LogP contribution in [0.2, 0.25) is 0 Å². The maximum absolute atomic E-state index is 12.0. The average Bonchev–Trinajstić information content (AvgIpc) is 3.66. The van der Waals surface area contributed by atoms with E-state index in [2.05, 4.69) is 15.6 Å². The molecule has 12 nitrogen and oxygen atoms in total. The fraction of sp³-hybridized carbons (Fsp3) is 0.161. The Balaban J connectivity index is 1.37. The number of aromatic amines is 1. The molecule has 2 aliphatic heterocycles. The van der Waals surface area contributed by atoms with Gasteiger partial charge in [0.05, 0.1) is 21.9 Å². The molecule has 4 amide bonds. The topological polar surface area (TPSA) is 170 Å². The second-order valence-corrected chi connectivity index (χ2v) is 10.3. The van der Waals surface area contributed by atoms with E-state index in [0.29, 0.717) is 58.4 Å². The van der Waals surface area contributed by atoms with Gasteiger partial charge in [0.25, 0.3) is 11.6 Å². The van der Waals surface area contributed by atoms with E-state index in [1.807, 2.05) is 29.2 Å². The number of non-ortho nitro benzene ring substituents is 1. The van der Waals surface area contributed by atoms with Crippen molar-refractivity contribution in [3.05, 3.63) is 105 Å². The lowest BCUT2D eigenvalue weighted by Crippen LogP contribution is -2.26. The number of nitro groups is 1. The zero-order chi connectivity index (χ0) is 30.1. The molecule has 0 unspecified atom stereocenters. The van der Waals surface area contributed by atoms with E-state index < -0.39 is 16.9 Å². The Morgan fingerprint density at radius 2 is 1.79 bits per heavy atom. The summed E-state index contributed by atoms with van der Waals surface area (Å²) in [6.07, 6.45) is 3.70. The monoisotopic (exact) mass is 578 g/mol. The van der Waals surface area contributed by atoms with Gasteiger partial charge in [-0.3, -0.25) is 25.0 Å². The third kappa shape index (κ3) is 5.71. The number of hydrogen-bond donors (Lipinski definition) is 4. The summed E-state index contributed by atoms with van der Waals surface area (Å²) >= 11 is 0. The van der Waals surface area contributed by atoms with Crippen LogP contribution in [-0.4, -0.2) is 56.6 Å². The van der Waals surface area contributed by atoms with Crippen LogP contribution in [-0.2, 0) is 16.0 Å². The molecule has 1 aromatic heterocycles. The Labute approximate surface area is 244 Å². The summed E-state index contributed by atoms with van der Waals surface area (Å²) in [6.45, 7) is 1.41. The van der Waals surface area contributed by atoms with Crippen molar-refractivity contribution in [2.75, 3.05) is 13.1 Å². The van der Waals surface area contributed by atoms with Gasteiger partial charge >= 0.3 is 6.03 Å². The summed E-state index contributed by atoms with van der Waals surface area (Å²) < 4.78 is 0. The SMILES string of the molecule is O=C1NC(=O)/C(=C/c2ccc(N=C(c3ccc(CCN4CCCC4=O)cc3)c3c(O)[nH]c4ccc([N+](=O)[O-])cc34)cc2)N1. The minimum atomic E-state index is -0.587. The molecule has 216 valence electrons.